The second-order valence-electron chi connectivity index (χ2n) is 7.47. The smallest absolute Gasteiger partial charge is 0.238 e. The first kappa shape index (κ1) is 25.7. The largest absolute Gasteiger partial charge is 0.316 e. The lowest BCUT2D eigenvalue weighted by molar-refractivity contribution is -0.115. The van der Waals surface area contributed by atoms with Gasteiger partial charge in [0.2, 0.25) is 5.91 Å². The second-order valence-corrected chi connectivity index (χ2v) is 11.9. The number of thiophene rings is 1. The number of aromatic nitrogens is 3. The van der Waals surface area contributed by atoms with Crippen LogP contribution in [0, 0.1) is 25.2 Å². The van der Waals surface area contributed by atoms with Crippen LogP contribution in [0.5, 0.6) is 0 Å². The number of hydrogen-bond acceptors (Lipinski definition) is 8. The van der Waals surface area contributed by atoms with E-state index in [1.54, 1.807) is 41.0 Å². The van der Waals surface area contributed by atoms with Crippen LogP contribution in [0.15, 0.2) is 53.0 Å². The van der Waals surface area contributed by atoms with Gasteiger partial charge in [0.25, 0.3) is 0 Å². The fourth-order valence-corrected chi connectivity index (χ4v) is 6.49. The number of nitrogens with one attached hydrogen (secondary N) is 1. The molecule has 2 heterocycles. The van der Waals surface area contributed by atoms with Gasteiger partial charge in [0.1, 0.15) is 22.6 Å². The third-order valence-electron chi connectivity index (χ3n) is 5.17. The molecule has 1 atom stereocenters. The molecule has 3 aromatic rings. The standard InChI is InChI=1S/C23H25N5O3S3/c1-5-12-28-20(14-34(30,31)17-10-8-7-9-11-17)26-27-23(28)33-19(6-2)21(29)25-22-18(13-24)15(3)16(4)32-22/h5,7-11,19H,1,6,12,14H2,2-4H3,(H,25,29). The molecule has 1 aromatic carbocycles. The van der Waals surface area contributed by atoms with Crippen molar-refractivity contribution in [2.75, 3.05) is 5.32 Å². The number of aryl methyl sites for hydroxylation is 1. The van der Waals surface area contributed by atoms with Crippen molar-refractivity contribution in [3.63, 3.8) is 0 Å². The van der Waals surface area contributed by atoms with Gasteiger partial charge in [-0.05, 0) is 38.0 Å². The van der Waals surface area contributed by atoms with Crippen LogP contribution in [0.4, 0.5) is 5.00 Å². The number of nitriles is 1. The maximum Gasteiger partial charge on any atom is 0.238 e. The molecule has 8 nitrogen and oxygen atoms in total. The van der Waals surface area contributed by atoms with Crippen molar-refractivity contribution in [2.45, 2.75) is 54.8 Å². The Morgan fingerprint density at radius 2 is 2.03 bits per heavy atom. The van der Waals surface area contributed by atoms with Gasteiger partial charge in [-0.25, -0.2) is 8.42 Å². The van der Waals surface area contributed by atoms with Gasteiger partial charge in [0, 0.05) is 11.4 Å². The van der Waals surface area contributed by atoms with Crippen molar-refractivity contribution < 1.29 is 13.2 Å². The molecule has 0 aliphatic carbocycles. The SMILES string of the molecule is C=CCn1c(CS(=O)(=O)c2ccccc2)nnc1SC(CC)C(=O)Nc1sc(C)c(C)c1C#N. The van der Waals surface area contributed by atoms with E-state index >= 15 is 0 Å². The highest BCUT2D eigenvalue weighted by Crippen LogP contribution is 2.33. The molecule has 178 valence electrons. The van der Waals surface area contributed by atoms with E-state index in [4.69, 9.17) is 0 Å². The molecular weight excluding hydrogens is 490 g/mol. The van der Waals surface area contributed by atoms with E-state index in [-0.39, 0.29) is 22.4 Å². The zero-order valence-electron chi connectivity index (χ0n) is 19.1. The zero-order chi connectivity index (χ0) is 24.9. The molecule has 3 rings (SSSR count). The minimum atomic E-state index is -3.62. The van der Waals surface area contributed by atoms with Crippen LogP contribution in [-0.2, 0) is 26.9 Å². The molecule has 1 unspecified atom stereocenters. The van der Waals surface area contributed by atoms with E-state index in [2.05, 4.69) is 28.2 Å². The number of anilines is 1. The minimum absolute atomic E-state index is 0.206. The van der Waals surface area contributed by atoms with E-state index in [0.29, 0.717) is 28.7 Å². The number of amides is 1. The van der Waals surface area contributed by atoms with E-state index in [0.717, 1.165) is 10.4 Å². The summed E-state index contributed by atoms with van der Waals surface area (Å²) in [6.07, 6.45) is 2.13. The summed E-state index contributed by atoms with van der Waals surface area (Å²) in [6.45, 7) is 9.69. The van der Waals surface area contributed by atoms with Crippen molar-refractivity contribution in [3.05, 3.63) is 64.8 Å². The summed E-state index contributed by atoms with van der Waals surface area (Å²) in [7, 11) is -3.62. The number of carbonyl (C=O) groups is 1. The van der Waals surface area contributed by atoms with Gasteiger partial charge in [-0.3, -0.25) is 4.79 Å². The Labute approximate surface area is 207 Å². The molecule has 0 fully saturated rings. The normalized spacial score (nSPS) is 12.2. The Bertz CT molecular complexity index is 1340. The van der Waals surface area contributed by atoms with Crippen LogP contribution in [0.1, 0.15) is 35.2 Å². The summed E-state index contributed by atoms with van der Waals surface area (Å²) in [4.78, 5) is 14.2. The summed E-state index contributed by atoms with van der Waals surface area (Å²) < 4.78 is 27.3. The maximum atomic E-state index is 13.0. The maximum absolute atomic E-state index is 13.0. The Kier molecular flexibility index (Phi) is 8.30. The summed E-state index contributed by atoms with van der Waals surface area (Å²) in [5.41, 5.74) is 1.33. The number of sulfone groups is 1. The lowest BCUT2D eigenvalue weighted by Gasteiger charge is -2.15. The highest BCUT2D eigenvalue weighted by molar-refractivity contribution is 8.00. The fraction of sp³-hybridized carbons (Fsp3) is 0.304. The quantitative estimate of drug-likeness (QED) is 0.312. The van der Waals surface area contributed by atoms with Gasteiger partial charge in [0.05, 0.1) is 15.7 Å². The molecule has 34 heavy (non-hydrogen) atoms. The average Bonchev–Trinajstić information content (AvgIpc) is 3.31. The van der Waals surface area contributed by atoms with Crippen molar-refractivity contribution in [2.24, 2.45) is 0 Å². The van der Waals surface area contributed by atoms with Crippen LogP contribution in [0.2, 0.25) is 0 Å². The number of allylic oxidation sites excluding steroid dienone is 1. The molecule has 2 aromatic heterocycles. The third kappa shape index (κ3) is 5.58. The molecule has 0 saturated heterocycles. The second kappa shape index (κ2) is 11.0. The van der Waals surface area contributed by atoms with Crippen molar-refractivity contribution in [3.8, 4) is 6.07 Å². The topological polar surface area (TPSA) is 118 Å². The molecular formula is C23H25N5O3S3. The molecule has 0 radical (unpaired) electrons. The molecule has 0 aliphatic rings. The van der Waals surface area contributed by atoms with Crippen LogP contribution in [0.3, 0.4) is 0 Å². The number of rotatable bonds is 10. The minimum Gasteiger partial charge on any atom is -0.316 e. The molecule has 0 saturated carbocycles. The zero-order valence-corrected chi connectivity index (χ0v) is 21.6. The van der Waals surface area contributed by atoms with Crippen molar-refractivity contribution in [1.82, 2.24) is 14.8 Å². The molecule has 0 spiro atoms. The van der Waals surface area contributed by atoms with E-state index in [1.165, 1.54) is 23.1 Å². The van der Waals surface area contributed by atoms with Crippen molar-refractivity contribution in [1.29, 1.82) is 5.26 Å². The van der Waals surface area contributed by atoms with Crippen LogP contribution in [0.25, 0.3) is 0 Å². The molecule has 0 aliphatic heterocycles. The highest BCUT2D eigenvalue weighted by atomic mass is 32.2. The first-order chi connectivity index (χ1) is 16.2. The van der Waals surface area contributed by atoms with Crippen molar-refractivity contribution >= 4 is 43.8 Å². The fourth-order valence-electron chi connectivity index (χ4n) is 3.20. The van der Waals surface area contributed by atoms with Crippen LogP contribution in [-0.4, -0.2) is 34.3 Å². The summed E-state index contributed by atoms with van der Waals surface area (Å²) in [5.74, 6) is -0.296. The molecule has 1 amide bonds. The molecule has 11 heteroatoms. The first-order valence-electron chi connectivity index (χ1n) is 10.5. The molecule has 0 bridgehead atoms. The monoisotopic (exact) mass is 515 g/mol. The lowest BCUT2D eigenvalue weighted by atomic mass is 10.2. The third-order valence-corrected chi connectivity index (χ3v) is 9.27. The Hall–Kier alpha value is -2.94. The van der Waals surface area contributed by atoms with E-state index in [1.807, 2.05) is 20.8 Å². The van der Waals surface area contributed by atoms with Gasteiger partial charge < -0.3 is 9.88 Å². The highest BCUT2D eigenvalue weighted by Gasteiger charge is 2.26. The lowest BCUT2D eigenvalue weighted by Crippen LogP contribution is -2.25. The van der Waals surface area contributed by atoms with E-state index < -0.39 is 15.1 Å². The summed E-state index contributed by atoms with van der Waals surface area (Å²) in [6, 6.07) is 10.3. The number of hydrogen-bond donors (Lipinski definition) is 1. The Morgan fingerprint density at radius 3 is 2.65 bits per heavy atom. The van der Waals surface area contributed by atoms with Gasteiger partial charge in [-0.2, -0.15) is 5.26 Å². The summed E-state index contributed by atoms with van der Waals surface area (Å²) >= 11 is 2.58. The van der Waals surface area contributed by atoms with Gasteiger partial charge in [-0.15, -0.1) is 28.1 Å². The predicted octanol–water partition coefficient (Wildman–Crippen LogP) is 4.50. The van der Waals surface area contributed by atoms with Gasteiger partial charge >= 0.3 is 0 Å². The number of carbonyl (C=O) groups excluding carboxylic acids is 1. The van der Waals surface area contributed by atoms with Crippen LogP contribution >= 0.6 is 23.1 Å². The summed E-state index contributed by atoms with van der Waals surface area (Å²) in [5, 5.41) is 21.1. The Morgan fingerprint density at radius 1 is 1.32 bits per heavy atom. The van der Waals surface area contributed by atoms with Gasteiger partial charge in [0.15, 0.2) is 15.0 Å². The average molecular weight is 516 g/mol. The van der Waals surface area contributed by atoms with Crippen LogP contribution < -0.4 is 5.32 Å². The number of thioether (sulfide) groups is 1. The van der Waals surface area contributed by atoms with E-state index in [9.17, 15) is 18.5 Å². The number of nitrogens with zero attached hydrogens (tertiary/aromatic N) is 4. The Balaban J connectivity index is 1.83. The van der Waals surface area contributed by atoms with Gasteiger partial charge in [-0.1, -0.05) is 43.0 Å². The molecule has 1 N–H and O–H groups in total. The number of benzene rings is 1. The first-order valence-corrected chi connectivity index (χ1v) is 13.8. The predicted molar refractivity (Wildman–Crippen MR) is 135 cm³/mol.